The molecule has 2 fully saturated rings. The lowest BCUT2D eigenvalue weighted by atomic mass is 9.85. The highest BCUT2D eigenvalue weighted by molar-refractivity contribution is 5.30. The molecule has 134 valence electrons. The highest BCUT2D eigenvalue weighted by Gasteiger charge is 2.31. The molecule has 0 amide bonds. The third kappa shape index (κ3) is 4.71. The van der Waals surface area contributed by atoms with Gasteiger partial charge >= 0.3 is 0 Å². The van der Waals surface area contributed by atoms with Gasteiger partial charge in [-0.25, -0.2) is 0 Å². The van der Waals surface area contributed by atoms with Crippen molar-refractivity contribution in [1.29, 1.82) is 0 Å². The van der Waals surface area contributed by atoms with E-state index in [-0.39, 0.29) is 5.60 Å². The first-order valence-electron chi connectivity index (χ1n) is 9.34. The highest BCUT2D eigenvalue weighted by Crippen LogP contribution is 2.36. The van der Waals surface area contributed by atoms with Crippen molar-refractivity contribution in [1.82, 2.24) is 10.2 Å². The molecule has 1 aromatic carbocycles. The van der Waals surface area contributed by atoms with E-state index in [0.717, 1.165) is 58.0 Å². The second kappa shape index (κ2) is 7.85. The van der Waals surface area contributed by atoms with E-state index in [0.29, 0.717) is 12.0 Å². The van der Waals surface area contributed by atoms with E-state index in [2.05, 4.69) is 55.3 Å². The van der Waals surface area contributed by atoms with Crippen molar-refractivity contribution in [2.24, 2.45) is 5.92 Å². The van der Waals surface area contributed by atoms with E-state index in [1.54, 1.807) is 0 Å². The first-order chi connectivity index (χ1) is 11.5. The van der Waals surface area contributed by atoms with Gasteiger partial charge in [0, 0.05) is 45.4 Å². The van der Waals surface area contributed by atoms with Crippen LogP contribution in [-0.4, -0.2) is 49.9 Å². The fraction of sp³-hybridized carbons (Fsp3) is 0.700. The molecule has 0 aromatic heterocycles. The number of benzene rings is 1. The summed E-state index contributed by atoms with van der Waals surface area (Å²) >= 11 is 0. The van der Waals surface area contributed by atoms with Crippen molar-refractivity contribution in [3.05, 3.63) is 29.8 Å². The molecule has 4 heteroatoms. The van der Waals surface area contributed by atoms with Gasteiger partial charge in [0.05, 0.1) is 0 Å². The van der Waals surface area contributed by atoms with Crippen LogP contribution in [0.15, 0.2) is 24.3 Å². The molecule has 3 rings (SSSR count). The van der Waals surface area contributed by atoms with Crippen LogP contribution in [0.25, 0.3) is 0 Å². The third-order valence-electron chi connectivity index (χ3n) is 4.90. The van der Waals surface area contributed by atoms with Crippen LogP contribution in [0, 0.1) is 5.92 Å². The summed E-state index contributed by atoms with van der Waals surface area (Å²) in [6, 6.07) is 9.30. The topological polar surface area (TPSA) is 33.7 Å². The molecule has 1 atom stereocenters. The lowest BCUT2D eigenvalue weighted by Gasteiger charge is -2.41. The van der Waals surface area contributed by atoms with Crippen molar-refractivity contribution in [2.45, 2.75) is 45.3 Å². The molecular weight excluding hydrogens is 300 g/mol. The van der Waals surface area contributed by atoms with Crippen LogP contribution in [0.2, 0.25) is 0 Å². The Morgan fingerprint density at radius 1 is 1.08 bits per heavy atom. The fourth-order valence-electron chi connectivity index (χ4n) is 3.86. The maximum atomic E-state index is 5.98. The van der Waals surface area contributed by atoms with Gasteiger partial charge in [-0.15, -0.1) is 0 Å². The summed E-state index contributed by atoms with van der Waals surface area (Å²) in [5.41, 5.74) is 1.27. The average Bonchev–Trinajstić information content (AvgIpc) is 2.57. The quantitative estimate of drug-likeness (QED) is 0.918. The SMILES string of the molecule is CC(C)(C)Oc1ccc([C@@H](C2CCOCC2)N2CCNCC2)cc1. The largest absolute Gasteiger partial charge is 0.488 e. The first kappa shape index (κ1) is 17.7. The number of piperazine rings is 1. The Bertz CT molecular complexity index is 479. The number of nitrogens with zero attached hydrogens (tertiary/aromatic N) is 1. The summed E-state index contributed by atoms with van der Waals surface area (Å²) in [6.45, 7) is 12.5. The Balaban J connectivity index is 1.78. The van der Waals surface area contributed by atoms with Crippen LogP contribution in [-0.2, 0) is 4.74 Å². The number of hydrogen-bond acceptors (Lipinski definition) is 4. The Hall–Kier alpha value is -1.10. The summed E-state index contributed by atoms with van der Waals surface area (Å²) in [4.78, 5) is 2.66. The molecule has 1 aromatic rings. The van der Waals surface area contributed by atoms with Crippen LogP contribution in [0.5, 0.6) is 5.75 Å². The van der Waals surface area contributed by atoms with E-state index in [9.17, 15) is 0 Å². The van der Waals surface area contributed by atoms with Gasteiger partial charge in [0.25, 0.3) is 0 Å². The lowest BCUT2D eigenvalue weighted by molar-refractivity contribution is 0.0212. The monoisotopic (exact) mass is 332 g/mol. The first-order valence-corrected chi connectivity index (χ1v) is 9.34. The highest BCUT2D eigenvalue weighted by atomic mass is 16.5. The normalized spacial score (nSPS) is 22.3. The molecule has 0 aliphatic carbocycles. The zero-order valence-electron chi connectivity index (χ0n) is 15.4. The maximum absolute atomic E-state index is 5.98. The Morgan fingerprint density at radius 3 is 2.29 bits per heavy atom. The van der Waals surface area contributed by atoms with Gasteiger partial charge in [0.1, 0.15) is 11.4 Å². The predicted molar refractivity (Wildman–Crippen MR) is 97.5 cm³/mol. The smallest absolute Gasteiger partial charge is 0.120 e. The molecular formula is C20H32N2O2. The van der Waals surface area contributed by atoms with E-state index in [1.165, 1.54) is 5.56 Å². The minimum Gasteiger partial charge on any atom is -0.488 e. The number of ether oxygens (including phenoxy) is 2. The predicted octanol–water partition coefficient (Wildman–Crippen LogP) is 3.24. The fourth-order valence-corrected chi connectivity index (χ4v) is 3.86. The Labute approximate surface area is 146 Å². The molecule has 4 nitrogen and oxygen atoms in total. The van der Waals surface area contributed by atoms with Gasteiger partial charge in [-0.05, 0) is 57.2 Å². The molecule has 1 N–H and O–H groups in total. The summed E-state index contributed by atoms with van der Waals surface area (Å²) in [5.74, 6) is 1.64. The molecule has 2 heterocycles. The van der Waals surface area contributed by atoms with E-state index >= 15 is 0 Å². The van der Waals surface area contributed by atoms with Crippen molar-refractivity contribution in [3.8, 4) is 5.75 Å². The standard InChI is InChI=1S/C20H32N2O2/c1-20(2,3)24-18-6-4-16(5-7-18)19(17-8-14-23-15-9-17)22-12-10-21-11-13-22/h4-7,17,19,21H,8-15H2,1-3H3/t19-/m0/s1. The average molecular weight is 332 g/mol. The van der Waals surface area contributed by atoms with Crippen molar-refractivity contribution in [2.75, 3.05) is 39.4 Å². The summed E-state index contributed by atoms with van der Waals surface area (Å²) in [7, 11) is 0. The molecule has 0 radical (unpaired) electrons. The van der Waals surface area contributed by atoms with E-state index < -0.39 is 0 Å². The molecule has 0 unspecified atom stereocenters. The third-order valence-corrected chi connectivity index (χ3v) is 4.90. The molecule has 0 bridgehead atoms. The molecule has 2 aliphatic heterocycles. The van der Waals surface area contributed by atoms with Gasteiger partial charge in [-0.1, -0.05) is 12.1 Å². The van der Waals surface area contributed by atoms with Gasteiger partial charge in [0.15, 0.2) is 0 Å². The van der Waals surface area contributed by atoms with Crippen LogP contribution in [0.4, 0.5) is 0 Å². The number of rotatable bonds is 4. The summed E-state index contributed by atoms with van der Waals surface area (Å²) < 4.78 is 11.6. The van der Waals surface area contributed by atoms with Crippen molar-refractivity contribution in [3.63, 3.8) is 0 Å². The molecule has 2 aliphatic rings. The van der Waals surface area contributed by atoms with Crippen LogP contribution in [0.3, 0.4) is 0 Å². The summed E-state index contributed by atoms with van der Waals surface area (Å²) in [6.07, 6.45) is 2.32. The van der Waals surface area contributed by atoms with Crippen LogP contribution in [0.1, 0.15) is 45.2 Å². The number of hydrogen-bond donors (Lipinski definition) is 1. The zero-order valence-corrected chi connectivity index (χ0v) is 15.4. The minimum atomic E-state index is -0.153. The molecule has 0 saturated carbocycles. The molecule has 0 spiro atoms. The van der Waals surface area contributed by atoms with Crippen LogP contribution < -0.4 is 10.1 Å². The Morgan fingerprint density at radius 2 is 1.71 bits per heavy atom. The van der Waals surface area contributed by atoms with Gasteiger partial charge in [-0.3, -0.25) is 4.90 Å². The minimum absolute atomic E-state index is 0.153. The second-order valence-corrected chi connectivity index (χ2v) is 7.96. The Kier molecular flexibility index (Phi) is 5.80. The van der Waals surface area contributed by atoms with Gasteiger partial charge in [-0.2, -0.15) is 0 Å². The second-order valence-electron chi connectivity index (χ2n) is 7.96. The number of nitrogens with one attached hydrogen (secondary N) is 1. The summed E-state index contributed by atoms with van der Waals surface area (Å²) in [5, 5.41) is 3.47. The lowest BCUT2D eigenvalue weighted by Crippen LogP contribution is -2.47. The maximum Gasteiger partial charge on any atom is 0.120 e. The zero-order chi connectivity index (χ0) is 17.0. The van der Waals surface area contributed by atoms with Gasteiger partial charge < -0.3 is 14.8 Å². The van der Waals surface area contributed by atoms with Crippen molar-refractivity contribution >= 4 is 0 Å². The van der Waals surface area contributed by atoms with Gasteiger partial charge in [0.2, 0.25) is 0 Å². The molecule has 24 heavy (non-hydrogen) atoms. The molecule has 2 saturated heterocycles. The van der Waals surface area contributed by atoms with Crippen LogP contribution >= 0.6 is 0 Å². The van der Waals surface area contributed by atoms with Crippen molar-refractivity contribution < 1.29 is 9.47 Å². The van der Waals surface area contributed by atoms with E-state index in [1.807, 2.05) is 0 Å². The van der Waals surface area contributed by atoms with E-state index in [4.69, 9.17) is 9.47 Å².